The van der Waals surface area contributed by atoms with Crippen LogP contribution in [0.5, 0.6) is 5.75 Å². The SMILES string of the molecule is COC(=O)C1=C(C)N(c2ccc(OC)cc2)C(=O)/C1=C/c1ccc(CN(Cc2ccc(C)cc2)S(=O)(=O)c2ccc(Cl)cc2)o1. The second-order valence-corrected chi connectivity index (χ2v) is 12.7. The summed E-state index contributed by atoms with van der Waals surface area (Å²) in [5.74, 6) is 0.103. The second-order valence-electron chi connectivity index (χ2n) is 10.4. The maximum Gasteiger partial charge on any atom is 0.340 e. The number of benzene rings is 3. The van der Waals surface area contributed by atoms with Crippen LogP contribution in [0.15, 0.2) is 111 Å². The molecule has 0 saturated heterocycles. The Morgan fingerprint density at radius 2 is 1.58 bits per heavy atom. The van der Waals surface area contributed by atoms with E-state index in [0.717, 1.165) is 11.1 Å². The molecule has 45 heavy (non-hydrogen) atoms. The fourth-order valence-electron chi connectivity index (χ4n) is 4.97. The van der Waals surface area contributed by atoms with Crippen LogP contribution in [0.1, 0.15) is 29.6 Å². The van der Waals surface area contributed by atoms with Crippen molar-refractivity contribution in [2.45, 2.75) is 31.8 Å². The average molecular weight is 647 g/mol. The van der Waals surface area contributed by atoms with Gasteiger partial charge in [0.15, 0.2) is 0 Å². The number of allylic oxidation sites excluding steroid dienone is 1. The Hall–Kier alpha value is -4.64. The molecule has 0 spiro atoms. The zero-order valence-corrected chi connectivity index (χ0v) is 26.7. The zero-order valence-electron chi connectivity index (χ0n) is 25.1. The average Bonchev–Trinajstić information content (AvgIpc) is 3.58. The van der Waals surface area contributed by atoms with Crippen LogP contribution in [0.3, 0.4) is 0 Å². The number of carbonyl (C=O) groups is 2. The van der Waals surface area contributed by atoms with Crippen LogP contribution in [0, 0.1) is 6.92 Å². The second kappa shape index (κ2) is 13.2. The van der Waals surface area contributed by atoms with E-state index in [1.807, 2.05) is 31.2 Å². The first kappa shape index (κ1) is 31.8. The highest BCUT2D eigenvalue weighted by Crippen LogP contribution is 2.36. The van der Waals surface area contributed by atoms with E-state index in [4.69, 9.17) is 25.5 Å². The molecule has 0 atom stereocenters. The lowest BCUT2D eigenvalue weighted by Gasteiger charge is -2.21. The molecule has 1 aliphatic heterocycles. The standard InChI is InChI=1S/C34H31ClN2O7S/c1-22-5-7-24(8-6-22)20-36(45(40,41)30-17-9-25(35)10-18-30)21-29-16-15-28(44-29)19-31-32(34(39)43-4)23(2)37(33(31)38)26-11-13-27(42-3)14-12-26/h5-19H,20-21H2,1-4H3/b31-19+. The summed E-state index contributed by atoms with van der Waals surface area (Å²) in [4.78, 5) is 28.0. The minimum Gasteiger partial charge on any atom is -0.497 e. The molecule has 0 fully saturated rings. The van der Waals surface area contributed by atoms with E-state index >= 15 is 0 Å². The molecule has 232 valence electrons. The summed E-state index contributed by atoms with van der Waals surface area (Å²) in [6.07, 6.45) is 1.46. The Kier molecular flexibility index (Phi) is 9.29. The summed E-state index contributed by atoms with van der Waals surface area (Å²) in [5.41, 5.74) is 2.97. The van der Waals surface area contributed by atoms with Gasteiger partial charge in [-0.3, -0.25) is 9.69 Å². The molecule has 11 heteroatoms. The lowest BCUT2D eigenvalue weighted by molar-refractivity contribution is -0.136. The Balaban J connectivity index is 1.47. The monoisotopic (exact) mass is 646 g/mol. The molecule has 0 saturated carbocycles. The fourth-order valence-corrected chi connectivity index (χ4v) is 6.49. The summed E-state index contributed by atoms with van der Waals surface area (Å²) < 4.78 is 45.1. The van der Waals surface area contributed by atoms with Crippen LogP contribution in [0.25, 0.3) is 6.08 Å². The molecule has 3 aromatic carbocycles. The molecule has 5 rings (SSSR count). The number of halogens is 1. The predicted molar refractivity (Wildman–Crippen MR) is 171 cm³/mol. The molecular weight excluding hydrogens is 616 g/mol. The van der Waals surface area contributed by atoms with Gasteiger partial charge in [-0.05, 0) is 86.2 Å². The van der Waals surface area contributed by atoms with Crippen molar-refractivity contribution < 1.29 is 31.9 Å². The number of nitrogens with zero attached hydrogens (tertiary/aromatic N) is 2. The zero-order chi connectivity index (χ0) is 32.3. The molecule has 9 nitrogen and oxygen atoms in total. The molecule has 1 amide bonds. The smallest absolute Gasteiger partial charge is 0.340 e. The highest BCUT2D eigenvalue weighted by molar-refractivity contribution is 7.89. The number of hydrogen-bond donors (Lipinski definition) is 0. The minimum atomic E-state index is -3.96. The van der Waals surface area contributed by atoms with Crippen molar-refractivity contribution in [3.63, 3.8) is 0 Å². The van der Waals surface area contributed by atoms with Gasteiger partial charge in [0.2, 0.25) is 10.0 Å². The normalized spacial score (nSPS) is 14.5. The largest absolute Gasteiger partial charge is 0.497 e. The topological polar surface area (TPSA) is 106 Å². The van der Waals surface area contributed by atoms with Crippen molar-refractivity contribution in [1.29, 1.82) is 0 Å². The maximum absolute atomic E-state index is 13.8. The fraction of sp³-hybridized carbons (Fsp3) is 0.176. The number of furan rings is 1. The minimum absolute atomic E-state index is 0.0846. The van der Waals surface area contributed by atoms with Crippen LogP contribution in [-0.4, -0.2) is 38.8 Å². The van der Waals surface area contributed by atoms with Crippen molar-refractivity contribution in [3.8, 4) is 5.75 Å². The number of esters is 1. The van der Waals surface area contributed by atoms with Crippen molar-refractivity contribution in [2.24, 2.45) is 0 Å². The summed E-state index contributed by atoms with van der Waals surface area (Å²) >= 11 is 6.01. The van der Waals surface area contributed by atoms with Crippen LogP contribution in [-0.2, 0) is 37.4 Å². The van der Waals surface area contributed by atoms with E-state index < -0.39 is 21.9 Å². The Morgan fingerprint density at radius 1 is 0.911 bits per heavy atom. The molecule has 1 aromatic heterocycles. The van der Waals surface area contributed by atoms with E-state index in [0.29, 0.717) is 27.9 Å². The Labute approximate surface area is 267 Å². The van der Waals surface area contributed by atoms with Crippen LogP contribution >= 0.6 is 11.6 Å². The molecular formula is C34H31ClN2O7S. The van der Waals surface area contributed by atoms with Gasteiger partial charge < -0.3 is 13.9 Å². The van der Waals surface area contributed by atoms with Crippen molar-refractivity contribution in [1.82, 2.24) is 4.31 Å². The number of aryl methyl sites for hydroxylation is 1. The number of rotatable bonds is 10. The van der Waals surface area contributed by atoms with Gasteiger partial charge >= 0.3 is 5.97 Å². The van der Waals surface area contributed by atoms with Gasteiger partial charge in [0.05, 0.1) is 36.8 Å². The van der Waals surface area contributed by atoms with Gasteiger partial charge in [-0.1, -0.05) is 41.4 Å². The molecule has 1 aliphatic rings. The van der Waals surface area contributed by atoms with Crippen LogP contribution in [0.2, 0.25) is 5.02 Å². The highest BCUT2D eigenvalue weighted by Gasteiger charge is 2.38. The van der Waals surface area contributed by atoms with Crippen LogP contribution in [0.4, 0.5) is 5.69 Å². The van der Waals surface area contributed by atoms with E-state index in [2.05, 4.69) is 0 Å². The third-order valence-corrected chi connectivity index (χ3v) is 9.41. The Bertz CT molecular complexity index is 1890. The van der Waals surface area contributed by atoms with Crippen molar-refractivity contribution >= 4 is 45.3 Å². The highest BCUT2D eigenvalue weighted by atomic mass is 35.5. The van der Waals surface area contributed by atoms with E-state index in [1.165, 1.54) is 46.7 Å². The van der Waals surface area contributed by atoms with Gasteiger partial charge in [0, 0.05) is 23.0 Å². The molecule has 0 radical (unpaired) electrons. The number of sulfonamides is 1. The first-order valence-corrected chi connectivity index (χ1v) is 15.7. The van der Waals surface area contributed by atoms with E-state index in [1.54, 1.807) is 50.4 Å². The van der Waals surface area contributed by atoms with Crippen molar-refractivity contribution in [3.05, 3.63) is 129 Å². The summed E-state index contributed by atoms with van der Waals surface area (Å²) in [6.45, 7) is 3.62. The van der Waals surface area contributed by atoms with Gasteiger partial charge in [0.1, 0.15) is 17.3 Å². The summed E-state index contributed by atoms with van der Waals surface area (Å²) in [6, 6.07) is 23.7. The first-order valence-electron chi connectivity index (χ1n) is 13.9. The van der Waals surface area contributed by atoms with Gasteiger partial charge in [0.25, 0.3) is 5.91 Å². The molecule has 0 unspecified atom stereocenters. The first-order chi connectivity index (χ1) is 21.5. The number of carbonyl (C=O) groups excluding carboxylic acids is 2. The van der Waals surface area contributed by atoms with Crippen LogP contribution < -0.4 is 9.64 Å². The van der Waals surface area contributed by atoms with E-state index in [9.17, 15) is 18.0 Å². The van der Waals surface area contributed by atoms with E-state index in [-0.39, 0.29) is 34.9 Å². The molecule has 0 aliphatic carbocycles. The number of amides is 1. The summed E-state index contributed by atoms with van der Waals surface area (Å²) in [5, 5.41) is 0.422. The molecule has 0 N–H and O–H groups in total. The lowest BCUT2D eigenvalue weighted by atomic mass is 10.1. The number of methoxy groups -OCH3 is 2. The predicted octanol–water partition coefficient (Wildman–Crippen LogP) is 6.52. The molecule has 4 aromatic rings. The van der Waals surface area contributed by atoms with Crippen molar-refractivity contribution in [2.75, 3.05) is 19.1 Å². The Morgan fingerprint density at radius 3 is 2.20 bits per heavy atom. The molecule has 2 heterocycles. The number of hydrogen-bond acceptors (Lipinski definition) is 7. The third kappa shape index (κ3) is 6.73. The quantitative estimate of drug-likeness (QED) is 0.143. The maximum atomic E-state index is 13.8. The van der Waals surface area contributed by atoms with Gasteiger partial charge in [-0.25, -0.2) is 13.2 Å². The summed E-state index contributed by atoms with van der Waals surface area (Å²) in [7, 11) is -1.17. The van der Waals surface area contributed by atoms with Gasteiger partial charge in [-0.2, -0.15) is 4.31 Å². The third-order valence-electron chi connectivity index (χ3n) is 7.35. The molecule has 0 bridgehead atoms. The lowest BCUT2D eigenvalue weighted by Crippen LogP contribution is -2.30. The van der Waals surface area contributed by atoms with Gasteiger partial charge in [-0.15, -0.1) is 0 Å². The number of anilines is 1. The number of ether oxygens (including phenoxy) is 2.